The number of pyridine rings is 2. The maximum Gasteiger partial charge on any atom is 0.412 e. The van der Waals surface area contributed by atoms with Gasteiger partial charge in [0.1, 0.15) is 11.5 Å². The number of hydrogen-bond donors (Lipinski definition) is 1. The second-order valence-corrected chi connectivity index (χ2v) is 7.71. The van der Waals surface area contributed by atoms with E-state index in [4.69, 9.17) is 11.2 Å². The van der Waals surface area contributed by atoms with Crippen LogP contribution in [0.15, 0.2) is 55.0 Å². The molecular weight excluding hydrogens is 465 g/mol. The van der Waals surface area contributed by atoms with E-state index in [-0.39, 0.29) is 18.2 Å². The lowest BCUT2D eigenvalue weighted by molar-refractivity contribution is 0.0989. The van der Waals surface area contributed by atoms with Crippen LogP contribution in [0.4, 0.5) is 20.7 Å². The van der Waals surface area contributed by atoms with E-state index >= 15 is 0 Å². The summed E-state index contributed by atoms with van der Waals surface area (Å²) in [5, 5.41) is 2.49. The number of fused-ring (bicyclic) bond motifs is 1. The molecule has 0 saturated heterocycles. The summed E-state index contributed by atoms with van der Waals surface area (Å²) in [4.78, 5) is 35.0. The van der Waals surface area contributed by atoms with Crippen molar-refractivity contribution in [1.29, 1.82) is 0 Å². The minimum atomic E-state index is -0.626. The number of carbonyl (C=O) groups is 2. The van der Waals surface area contributed by atoms with Gasteiger partial charge in [-0.1, -0.05) is 5.92 Å². The van der Waals surface area contributed by atoms with Crippen molar-refractivity contribution in [2.45, 2.75) is 6.92 Å². The van der Waals surface area contributed by atoms with Crippen molar-refractivity contribution in [3.8, 4) is 29.4 Å². The highest BCUT2D eigenvalue weighted by Gasteiger charge is 2.21. The molecule has 3 aromatic heterocycles. The Kier molecular flexibility index (Phi) is 6.83. The summed E-state index contributed by atoms with van der Waals surface area (Å²) in [7, 11) is 2.61. The number of ether oxygens (including phenoxy) is 2. The molecule has 0 radical (unpaired) electrons. The molecule has 0 fully saturated rings. The first-order valence-electron chi connectivity index (χ1n) is 10.7. The van der Waals surface area contributed by atoms with Crippen LogP contribution in [0.2, 0.25) is 0 Å². The predicted octanol–water partition coefficient (Wildman–Crippen LogP) is 4.31. The van der Waals surface area contributed by atoms with Crippen LogP contribution in [0.5, 0.6) is 5.75 Å². The molecule has 182 valence electrons. The number of benzene rings is 1. The molecule has 4 aromatic rings. The first kappa shape index (κ1) is 24.2. The zero-order chi connectivity index (χ0) is 25.8. The number of aryl methyl sites for hydroxylation is 1. The lowest BCUT2D eigenvalue weighted by atomic mass is 10.1. The quantitative estimate of drug-likeness (QED) is 0.407. The number of nitrogens with zero attached hydrogens (tertiary/aromatic N) is 4. The molecule has 1 aromatic carbocycles. The minimum Gasteiger partial charge on any atom is -0.494 e. The number of nitrogens with one attached hydrogen (secondary N) is 1. The summed E-state index contributed by atoms with van der Waals surface area (Å²) in [6.07, 6.45) is 9.82. The van der Waals surface area contributed by atoms with E-state index in [1.165, 1.54) is 37.3 Å². The van der Waals surface area contributed by atoms with Crippen molar-refractivity contribution in [1.82, 2.24) is 14.4 Å². The maximum atomic E-state index is 13.9. The smallest absolute Gasteiger partial charge is 0.412 e. The van der Waals surface area contributed by atoms with Crippen LogP contribution in [0.1, 0.15) is 15.9 Å². The van der Waals surface area contributed by atoms with Gasteiger partial charge in [0.15, 0.2) is 11.6 Å². The maximum absolute atomic E-state index is 13.9. The number of carbonyl (C=O) groups excluding carboxylic acids is 2. The molecule has 0 aliphatic rings. The van der Waals surface area contributed by atoms with Crippen LogP contribution in [-0.2, 0) is 4.74 Å². The molecule has 9 nitrogen and oxygen atoms in total. The second-order valence-electron chi connectivity index (χ2n) is 7.71. The van der Waals surface area contributed by atoms with E-state index in [1.54, 1.807) is 41.2 Å². The lowest BCUT2D eigenvalue weighted by Gasteiger charge is -2.21. The molecular formula is C26H22FN5O4. The monoisotopic (exact) mass is 487 g/mol. The van der Waals surface area contributed by atoms with E-state index in [1.807, 2.05) is 6.92 Å². The molecule has 0 spiro atoms. The summed E-state index contributed by atoms with van der Waals surface area (Å²) < 4.78 is 25.3. The number of anilines is 2. The van der Waals surface area contributed by atoms with Crippen LogP contribution < -0.4 is 15.0 Å². The van der Waals surface area contributed by atoms with Crippen molar-refractivity contribution in [2.75, 3.05) is 31.0 Å². The second kappa shape index (κ2) is 10.1. The molecule has 1 N–H and O–H groups in total. The Morgan fingerprint density at radius 3 is 2.64 bits per heavy atom. The van der Waals surface area contributed by atoms with Crippen LogP contribution in [0.3, 0.4) is 0 Å². The Labute approximate surface area is 206 Å². The van der Waals surface area contributed by atoms with Crippen LogP contribution >= 0.6 is 0 Å². The standard InChI is InChI=1S/C26H22FN5O4/c1-5-10-31(19-7-8-20(27)22(12-19)35-3)25(33)18-11-16(2)24-29-14-21(32(24)15-18)17-6-9-23(28-13-17)30-26(34)36-4/h1,6-9,11-15H,10H2,2-4H3,(H,28,30,34). The number of halogens is 1. The van der Waals surface area contributed by atoms with Gasteiger partial charge < -0.3 is 9.47 Å². The van der Waals surface area contributed by atoms with Gasteiger partial charge in [-0.2, -0.15) is 0 Å². The largest absolute Gasteiger partial charge is 0.494 e. The highest BCUT2D eigenvalue weighted by molar-refractivity contribution is 6.06. The van der Waals surface area contributed by atoms with Crippen LogP contribution in [0, 0.1) is 25.1 Å². The Morgan fingerprint density at radius 2 is 1.97 bits per heavy atom. The molecule has 0 bridgehead atoms. The molecule has 4 rings (SSSR count). The van der Waals surface area contributed by atoms with Crippen molar-refractivity contribution < 1.29 is 23.5 Å². The number of hydrogen-bond acceptors (Lipinski definition) is 6. The molecule has 0 aliphatic carbocycles. The van der Waals surface area contributed by atoms with Crippen LogP contribution in [-0.4, -0.2) is 47.1 Å². The van der Waals surface area contributed by atoms with Crippen molar-refractivity contribution >= 4 is 29.2 Å². The summed E-state index contributed by atoms with van der Waals surface area (Å²) in [5.41, 5.74) is 3.58. The van der Waals surface area contributed by atoms with Crippen LogP contribution in [0.25, 0.3) is 16.9 Å². The number of amides is 2. The average Bonchev–Trinajstić information content (AvgIpc) is 3.32. The molecule has 0 atom stereocenters. The van der Waals surface area contributed by atoms with E-state index in [0.717, 1.165) is 5.56 Å². The van der Waals surface area contributed by atoms with Gasteiger partial charge in [-0.25, -0.2) is 19.2 Å². The molecule has 0 aliphatic heterocycles. The summed E-state index contributed by atoms with van der Waals surface area (Å²) in [5.74, 6) is 1.89. The summed E-state index contributed by atoms with van der Waals surface area (Å²) in [6, 6.07) is 9.23. The fourth-order valence-corrected chi connectivity index (χ4v) is 3.71. The normalized spacial score (nSPS) is 10.5. The molecule has 36 heavy (non-hydrogen) atoms. The van der Waals surface area contributed by atoms with Gasteiger partial charge >= 0.3 is 6.09 Å². The zero-order valence-electron chi connectivity index (χ0n) is 19.8. The molecule has 0 saturated carbocycles. The minimum absolute atomic E-state index is 0.00323. The third-order valence-electron chi connectivity index (χ3n) is 5.45. The summed E-state index contributed by atoms with van der Waals surface area (Å²) >= 11 is 0. The molecule has 2 amide bonds. The fraction of sp³-hybridized carbons (Fsp3) is 0.154. The lowest BCUT2D eigenvalue weighted by Crippen LogP contribution is -2.31. The zero-order valence-corrected chi connectivity index (χ0v) is 19.8. The number of rotatable bonds is 6. The SMILES string of the molecule is C#CCN(C(=O)c1cc(C)c2ncc(-c3ccc(NC(=O)OC)nc3)n2c1)c1ccc(F)c(OC)c1. The van der Waals surface area contributed by atoms with Gasteiger partial charge in [0.05, 0.1) is 38.2 Å². The third-order valence-corrected chi connectivity index (χ3v) is 5.45. The Hall–Kier alpha value is -4.91. The van der Waals surface area contributed by atoms with E-state index in [0.29, 0.717) is 34.0 Å². The molecule has 0 unspecified atom stereocenters. The molecule has 3 heterocycles. The number of imidazole rings is 1. The highest BCUT2D eigenvalue weighted by Crippen LogP contribution is 2.27. The van der Waals surface area contributed by atoms with E-state index in [9.17, 15) is 14.0 Å². The topological polar surface area (TPSA) is 98.1 Å². The van der Waals surface area contributed by atoms with Gasteiger partial charge in [-0.05, 0) is 42.8 Å². The first-order valence-corrected chi connectivity index (χ1v) is 10.7. The number of methoxy groups -OCH3 is 2. The van der Waals surface area contributed by atoms with Gasteiger partial charge in [-0.15, -0.1) is 6.42 Å². The van der Waals surface area contributed by atoms with Gasteiger partial charge in [0.2, 0.25) is 0 Å². The van der Waals surface area contributed by atoms with Crippen molar-refractivity contribution in [3.05, 3.63) is 71.9 Å². The van der Waals surface area contributed by atoms with Gasteiger partial charge in [0.25, 0.3) is 5.91 Å². The molecule has 10 heteroatoms. The highest BCUT2D eigenvalue weighted by atomic mass is 19.1. The first-order chi connectivity index (χ1) is 17.4. The predicted molar refractivity (Wildman–Crippen MR) is 133 cm³/mol. The fourth-order valence-electron chi connectivity index (χ4n) is 3.71. The van der Waals surface area contributed by atoms with Crippen molar-refractivity contribution in [3.63, 3.8) is 0 Å². The van der Waals surface area contributed by atoms with Gasteiger partial charge in [-0.3, -0.25) is 19.4 Å². The Balaban J connectivity index is 1.73. The van der Waals surface area contributed by atoms with E-state index in [2.05, 4.69) is 25.9 Å². The third kappa shape index (κ3) is 4.67. The number of terminal acetylenes is 1. The van der Waals surface area contributed by atoms with E-state index < -0.39 is 11.9 Å². The summed E-state index contributed by atoms with van der Waals surface area (Å²) in [6.45, 7) is 1.82. The van der Waals surface area contributed by atoms with Gasteiger partial charge in [0, 0.05) is 29.7 Å². The Bertz CT molecular complexity index is 1490. The Morgan fingerprint density at radius 1 is 1.17 bits per heavy atom. The number of aromatic nitrogens is 3. The average molecular weight is 487 g/mol. The van der Waals surface area contributed by atoms with Crippen molar-refractivity contribution in [2.24, 2.45) is 0 Å².